The van der Waals surface area contributed by atoms with Gasteiger partial charge in [-0.25, -0.2) is 13.2 Å². The summed E-state index contributed by atoms with van der Waals surface area (Å²) in [5.74, 6) is -3.91. The van der Waals surface area contributed by atoms with Crippen molar-refractivity contribution in [2.24, 2.45) is 0 Å². The van der Waals surface area contributed by atoms with Gasteiger partial charge in [-0.3, -0.25) is 9.59 Å². The lowest BCUT2D eigenvalue weighted by molar-refractivity contribution is -0.128. The maximum absolute atomic E-state index is 14.6. The first-order chi connectivity index (χ1) is 15.4. The number of hydrogen-bond donors (Lipinski definition) is 3. The second-order valence-electron chi connectivity index (χ2n) is 8.04. The molecule has 12 heteroatoms. The minimum atomic E-state index is -2.54. The van der Waals surface area contributed by atoms with Gasteiger partial charge in [0.05, 0.1) is 36.9 Å². The van der Waals surface area contributed by atoms with Crippen LogP contribution in [-0.4, -0.2) is 60.8 Å². The van der Waals surface area contributed by atoms with Crippen LogP contribution in [0.4, 0.5) is 13.2 Å². The monoisotopic (exact) mass is 441 g/mol. The predicted molar refractivity (Wildman–Crippen MR) is 121 cm³/mol. The van der Waals surface area contributed by atoms with E-state index in [1.165, 1.54) is 12.1 Å². The van der Waals surface area contributed by atoms with Crippen molar-refractivity contribution < 1.29 is 22.8 Å². The standard InChI is InChI=1S/C21H14B4F3N3O2/c22-20(23,21(24,25)19(33)30-14-5-6-29-18(14)32)15-12-7-11(27)8-13(28)17(12)31-16(15)9-1-3-10(26)4-2-9/h1-4,7-8,14,31H,5-6H2,(H,29,32)(H,30,33). The highest BCUT2D eigenvalue weighted by Crippen LogP contribution is 2.46. The molecule has 0 saturated carbocycles. The number of fused-ring (bicyclic) bond motifs is 1. The zero-order valence-corrected chi connectivity index (χ0v) is 17.2. The van der Waals surface area contributed by atoms with Crippen LogP contribution in [0.15, 0.2) is 36.4 Å². The first-order valence-electron chi connectivity index (χ1n) is 9.95. The number of benzene rings is 2. The Kier molecular flexibility index (Phi) is 5.66. The van der Waals surface area contributed by atoms with Gasteiger partial charge in [0, 0.05) is 23.7 Å². The van der Waals surface area contributed by atoms with Crippen molar-refractivity contribution >= 4 is 54.1 Å². The molecule has 4 rings (SSSR count). The smallest absolute Gasteiger partial charge is 0.242 e. The second kappa shape index (κ2) is 8.08. The molecule has 1 aliphatic heterocycles. The Morgan fingerprint density at radius 1 is 1.03 bits per heavy atom. The van der Waals surface area contributed by atoms with E-state index in [4.69, 9.17) is 31.4 Å². The first-order valence-corrected chi connectivity index (χ1v) is 9.95. The van der Waals surface area contributed by atoms with Crippen LogP contribution in [0.2, 0.25) is 5.21 Å². The predicted octanol–water partition coefficient (Wildman–Crippen LogP) is 1.20. The van der Waals surface area contributed by atoms with Gasteiger partial charge in [0.1, 0.15) is 23.5 Å². The summed E-state index contributed by atoms with van der Waals surface area (Å²) in [5, 5.41) is -0.102. The SMILES string of the molecule is [B]C([B])(C(=O)NC1CCNC1=O)C([B])([B])c1c(-c2ccc(F)cc2)[nH]c2c(F)cc(F)cc12. The number of carbonyl (C=O) groups excluding carboxylic acids is 2. The van der Waals surface area contributed by atoms with Crippen LogP contribution in [0.1, 0.15) is 12.0 Å². The molecule has 8 radical (unpaired) electrons. The molecule has 1 saturated heterocycles. The Morgan fingerprint density at radius 2 is 1.70 bits per heavy atom. The van der Waals surface area contributed by atoms with E-state index in [1.54, 1.807) is 0 Å². The molecule has 3 N–H and O–H groups in total. The van der Waals surface area contributed by atoms with E-state index in [1.807, 2.05) is 0 Å². The summed E-state index contributed by atoms with van der Waals surface area (Å²) in [6.07, 6.45) is 0.299. The van der Waals surface area contributed by atoms with E-state index < -0.39 is 45.7 Å². The first kappa shape index (κ1) is 23.1. The highest BCUT2D eigenvalue weighted by molar-refractivity contribution is 6.61. The third kappa shape index (κ3) is 3.85. The average Bonchev–Trinajstić information content (AvgIpc) is 3.32. The molecule has 2 heterocycles. The van der Waals surface area contributed by atoms with Crippen LogP contribution in [0, 0.1) is 17.5 Å². The Labute approximate surface area is 192 Å². The summed E-state index contributed by atoms with van der Waals surface area (Å²) >= 11 is 0. The van der Waals surface area contributed by atoms with Crippen molar-refractivity contribution in [1.82, 2.24) is 15.6 Å². The van der Waals surface area contributed by atoms with Gasteiger partial charge in [0.15, 0.2) is 0 Å². The molecule has 5 nitrogen and oxygen atoms in total. The molecule has 0 aliphatic carbocycles. The summed E-state index contributed by atoms with van der Waals surface area (Å²) in [7, 11) is 24.9. The van der Waals surface area contributed by atoms with Crippen LogP contribution in [0.25, 0.3) is 22.2 Å². The van der Waals surface area contributed by atoms with Gasteiger partial charge in [0.2, 0.25) is 11.8 Å². The van der Waals surface area contributed by atoms with Crippen molar-refractivity contribution in [2.75, 3.05) is 6.54 Å². The van der Waals surface area contributed by atoms with Gasteiger partial charge in [0.25, 0.3) is 0 Å². The molecular formula is C21H14B4F3N3O2. The third-order valence-corrected chi connectivity index (χ3v) is 5.79. The Hall–Kier alpha value is -3.03. The molecular weight excluding hydrogens is 426 g/mol. The summed E-state index contributed by atoms with van der Waals surface area (Å²) in [4.78, 5) is 27.6. The Bertz CT molecular complexity index is 1260. The number of H-pyrrole nitrogens is 1. The van der Waals surface area contributed by atoms with E-state index in [0.717, 1.165) is 18.2 Å². The van der Waals surface area contributed by atoms with Crippen molar-refractivity contribution in [3.05, 3.63) is 59.4 Å². The van der Waals surface area contributed by atoms with Gasteiger partial charge in [-0.15, -0.1) is 0 Å². The fraction of sp³-hybridized carbons (Fsp3) is 0.238. The molecule has 2 aromatic carbocycles. The van der Waals surface area contributed by atoms with Crippen LogP contribution >= 0.6 is 0 Å². The van der Waals surface area contributed by atoms with Gasteiger partial charge >= 0.3 is 0 Å². The van der Waals surface area contributed by atoms with E-state index in [9.17, 15) is 22.8 Å². The van der Waals surface area contributed by atoms with E-state index in [-0.39, 0.29) is 22.2 Å². The van der Waals surface area contributed by atoms with Gasteiger partial charge in [-0.1, -0.05) is 5.21 Å². The van der Waals surface area contributed by atoms with Crippen LogP contribution < -0.4 is 10.6 Å². The molecule has 0 bridgehead atoms. The van der Waals surface area contributed by atoms with Gasteiger partial charge in [-0.2, -0.15) is 0 Å². The summed E-state index contributed by atoms with van der Waals surface area (Å²) < 4.78 is 42.2. The quantitative estimate of drug-likeness (QED) is 0.522. The van der Waals surface area contributed by atoms with Gasteiger partial charge < -0.3 is 15.6 Å². The number of aromatic nitrogens is 1. The average molecular weight is 441 g/mol. The molecule has 2 amide bonds. The van der Waals surface area contributed by atoms with Crippen molar-refractivity contribution in [2.45, 2.75) is 22.9 Å². The van der Waals surface area contributed by atoms with Crippen LogP contribution in [0.5, 0.6) is 0 Å². The van der Waals surface area contributed by atoms with Crippen molar-refractivity contribution in [3.63, 3.8) is 0 Å². The zero-order valence-electron chi connectivity index (χ0n) is 17.2. The highest BCUT2D eigenvalue weighted by Gasteiger charge is 2.45. The second-order valence-corrected chi connectivity index (χ2v) is 8.04. The number of rotatable bonds is 5. The lowest BCUT2D eigenvalue weighted by Crippen LogP contribution is -2.55. The highest BCUT2D eigenvalue weighted by atomic mass is 19.1. The molecule has 3 aromatic rings. The van der Waals surface area contributed by atoms with E-state index in [0.29, 0.717) is 24.6 Å². The Balaban J connectivity index is 1.88. The molecule has 1 aromatic heterocycles. The summed E-state index contributed by atoms with van der Waals surface area (Å²) in [5.41, 5.74) is 0.0242. The molecule has 1 unspecified atom stereocenters. The Morgan fingerprint density at radius 3 is 2.30 bits per heavy atom. The molecule has 1 atom stereocenters. The number of halogens is 3. The third-order valence-electron chi connectivity index (χ3n) is 5.79. The maximum atomic E-state index is 14.6. The minimum Gasteiger partial charge on any atom is -0.354 e. The van der Waals surface area contributed by atoms with Crippen molar-refractivity contribution in [3.8, 4) is 11.3 Å². The van der Waals surface area contributed by atoms with E-state index in [2.05, 4.69) is 15.6 Å². The number of hydrogen-bond acceptors (Lipinski definition) is 2. The molecule has 1 fully saturated rings. The number of aromatic amines is 1. The largest absolute Gasteiger partial charge is 0.354 e. The number of nitrogens with one attached hydrogen (secondary N) is 3. The van der Waals surface area contributed by atoms with Crippen molar-refractivity contribution in [1.29, 1.82) is 0 Å². The zero-order chi connectivity index (χ0) is 24.1. The normalized spacial score (nSPS) is 16.7. The van der Waals surface area contributed by atoms with Gasteiger partial charge in [-0.05, 0) is 53.1 Å². The fourth-order valence-corrected chi connectivity index (χ4v) is 3.89. The summed E-state index contributed by atoms with van der Waals surface area (Å²) in [6, 6.07) is 5.70. The fourth-order valence-electron chi connectivity index (χ4n) is 3.89. The molecule has 158 valence electrons. The maximum Gasteiger partial charge on any atom is 0.242 e. The van der Waals surface area contributed by atoms with E-state index >= 15 is 0 Å². The summed E-state index contributed by atoms with van der Waals surface area (Å²) in [6.45, 7) is 0.345. The molecule has 0 spiro atoms. The minimum absolute atomic E-state index is 0.0613. The molecule has 33 heavy (non-hydrogen) atoms. The lowest BCUT2D eigenvalue weighted by atomic mass is 9.27. The van der Waals surface area contributed by atoms with Crippen LogP contribution in [0.3, 0.4) is 0 Å². The number of carbonyl (C=O) groups is 2. The lowest BCUT2D eigenvalue weighted by Gasteiger charge is -2.44. The van der Waals surface area contributed by atoms with Crippen LogP contribution in [-0.2, 0) is 14.8 Å². The molecule has 1 aliphatic rings. The number of amides is 2. The topological polar surface area (TPSA) is 74.0 Å².